The second-order valence-electron chi connectivity index (χ2n) is 5.14. The van der Waals surface area contributed by atoms with Crippen LogP contribution in [0.15, 0.2) is 0 Å². The summed E-state index contributed by atoms with van der Waals surface area (Å²) in [7, 11) is -2.78. The molecule has 0 radical (unpaired) electrons. The van der Waals surface area contributed by atoms with E-state index in [-0.39, 0.29) is 12.1 Å². The summed E-state index contributed by atoms with van der Waals surface area (Å²) in [4.78, 5) is 2.41. The zero-order chi connectivity index (χ0) is 10.5. The van der Waals surface area contributed by atoms with Crippen LogP contribution in [0.1, 0.15) is 12.8 Å². The lowest BCUT2D eigenvalue weighted by molar-refractivity contribution is 0.143. The lowest BCUT2D eigenvalue weighted by Crippen LogP contribution is -2.57. The summed E-state index contributed by atoms with van der Waals surface area (Å²) in [5, 5.41) is 3.34. The Hall–Kier alpha value is -0.130. The van der Waals surface area contributed by atoms with Crippen LogP contribution in [0.3, 0.4) is 0 Å². The van der Waals surface area contributed by atoms with Crippen LogP contribution in [0.2, 0.25) is 0 Å². The largest absolute Gasteiger partial charge is 0.310 e. The zero-order valence-corrected chi connectivity index (χ0v) is 9.67. The van der Waals surface area contributed by atoms with E-state index >= 15 is 0 Å². The first-order valence-corrected chi connectivity index (χ1v) is 7.64. The van der Waals surface area contributed by atoms with Crippen molar-refractivity contribution in [2.45, 2.75) is 24.9 Å². The van der Waals surface area contributed by atoms with Gasteiger partial charge in [-0.2, -0.15) is 0 Å². The molecule has 4 nitrogen and oxygen atoms in total. The molecule has 0 amide bonds. The highest BCUT2D eigenvalue weighted by molar-refractivity contribution is 7.91. The van der Waals surface area contributed by atoms with Crippen molar-refractivity contribution in [1.29, 1.82) is 0 Å². The number of piperazine rings is 1. The highest BCUT2D eigenvalue weighted by atomic mass is 32.2. The summed E-state index contributed by atoms with van der Waals surface area (Å²) >= 11 is 0. The smallest absolute Gasteiger partial charge is 0.153 e. The summed E-state index contributed by atoms with van der Waals surface area (Å²) < 4.78 is 23.2. The van der Waals surface area contributed by atoms with Crippen molar-refractivity contribution in [1.82, 2.24) is 10.2 Å². The lowest BCUT2D eigenvalue weighted by atomic mass is 10.1. The normalized spacial score (nSPS) is 40.3. The first-order valence-electron chi connectivity index (χ1n) is 5.82. The van der Waals surface area contributed by atoms with Crippen LogP contribution in [0.25, 0.3) is 0 Å². The van der Waals surface area contributed by atoms with Gasteiger partial charge in [0.1, 0.15) is 0 Å². The maximum absolute atomic E-state index is 11.6. The topological polar surface area (TPSA) is 49.4 Å². The van der Waals surface area contributed by atoms with Crippen molar-refractivity contribution in [3.8, 4) is 0 Å². The molecular formula is C10H18N2O2S. The Balaban J connectivity index is 1.73. The van der Waals surface area contributed by atoms with Crippen LogP contribution in [-0.4, -0.2) is 56.5 Å². The van der Waals surface area contributed by atoms with Crippen molar-refractivity contribution in [2.75, 3.05) is 31.1 Å². The van der Waals surface area contributed by atoms with E-state index in [1.54, 1.807) is 0 Å². The highest BCUT2D eigenvalue weighted by Crippen LogP contribution is 2.32. The third-order valence-electron chi connectivity index (χ3n) is 3.79. The fourth-order valence-corrected chi connectivity index (χ4v) is 4.79. The predicted molar refractivity (Wildman–Crippen MR) is 58.5 cm³/mol. The second-order valence-corrected chi connectivity index (χ2v) is 7.30. The summed E-state index contributed by atoms with van der Waals surface area (Å²) in [6.07, 6.45) is 2.68. The summed E-state index contributed by atoms with van der Waals surface area (Å²) in [6, 6.07) is 0.451. The molecule has 0 aromatic rings. The molecule has 3 rings (SSSR count). The maximum atomic E-state index is 11.6. The van der Waals surface area contributed by atoms with Crippen LogP contribution in [0.5, 0.6) is 0 Å². The van der Waals surface area contributed by atoms with Gasteiger partial charge in [-0.05, 0) is 18.8 Å². The molecule has 2 atom stereocenters. The van der Waals surface area contributed by atoms with E-state index < -0.39 is 9.84 Å². The van der Waals surface area contributed by atoms with Crippen molar-refractivity contribution >= 4 is 9.84 Å². The van der Waals surface area contributed by atoms with Gasteiger partial charge in [0.25, 0.3) is 0 Å². The Morgan fingerprint density at radius 3 is 2.80 bits per heavy atom. The van der Waals surface area contributed by atoms with Gasteiger partial charge in [0.15, 0.2) is 9.84 Å². The van der Waals surface area contributed by atoms with E-state index in [0.29, 0.717) is 11.5 Å². The van der Waals surface area contributed by atoms with E-state index in [9.17, 15) is 8.42 Å². The van der Waals surface area contributed by atoms with Gasteiger partial charge in [-0.1, -0.05) is 0 Å². The molecule has 0 spiro atoms. The number of hydrogen-bond donors (Lipinski definition) is 1. The molecule has 0 unspecified atom stereocenters. The third-order valence-corrected chi connectivity index (χ3v) is 5.50. The van der Waals surface area contributed by atoms with Gasteiger partial charge in [-0.3, -0.25) is 4.90 Å². The van der Waals surface area contributed by atoms with Crippen LogP contribution in [-0.2, 0) is 9.84 Å². The number of nitrogens with zero attached hydrogens (tertiary/aromatic N) is 1. The molecule has 5 heteroatoms. The standard InChI is InChI=1S/C10H18N2O2S/c13-15(14)6-9-10(7-15)12(4-3-11-9)5-8-1-2-8/h8-11H,1-7H2/t9-,10-/m1/s1. The Kier molecular flexibility index (Phi) is 2.30. The number of rotatable bonds is 2. The Labute approximate surface area is 90.9 Å². The van der Waals surface area contributed by atoms with Gasteiger partial charge in [0.2, 0.25) is 0 Å². The van der Waals surface area contributed by atoms with Crippen LogP contribution < -0.4 is 5.32 Å². The molecule has 2 saturated heterocycles. The van der Waals surface area contributed by atoms with Crippen molar-refractivity contribution in [3.63, 3.8) is 0 Å². The zero-order valence-electron chi connectivity index (χ0n) is 8.85. The fourth-order valence-electron chi connectivity index (χ4n) is 2.80. The van der Waals surface area contributed by atoms with Crippen LogP contribution in [0.4, 0.5) is 0 Å². The van der Waals surface area contributed by atoms with E-state index in [1.807, 2.05) is 0 Å². The van der Waals surface area contributed by atoms with E-state index in [0.717, 1.165) is 25.6 Å². The molecule has 15 heavy (non-hydrogen) atoms. The molecule has 0 aromatic heterocycles. The summed E-state index contributed by atoms with van der Waals surface area (Å²) in [5.41, 5.74) is 0. The molecule has 1 saturated carbocycles. The molecule has 2 aliphatic heterocycles. The number of sulfone groups is 1. The average Bonchev–Trinajstić information content (AvgIpc) is 2.88. The minimum Gasteiger partial charge on any atom is -0.310 e. The molecule has 2 heterocycles. The highest BCUT2D eigenvalue weighted by Gasteiger charge is 2.43. The van der Waals surface area contributed by atoms with E-state index in [1.165, 1.54) is 12.8 Å². The molecule has 3 aliphatic rings. The number of nitrogens with one attached hydrogen (secondary N) is 1. The molecule has 86 valence electrons. The minimum absolute atomic E-state index is 0.197. The number of fused-ring (bicyclic) bond motifs is 1. The van der Waals surface area contributed by atoms with Crippen LogP contribution in [0, 0.1) is 5.92 Å². The molecular weight excluding hydrogens is 212 g/mol. The van der Waals surface area contributed by atoms with Gasteiger partial charge >= 0.3 is 0 Å². The predicted octanol–water partition coefficient (Wildman–Crippen LogP) is -0.533. The Morgan fingerprint density at radius 1 is 1.27 bits per heavy atom. The van der Waals surface area contributed by atoms with Crippen molar-refractivity contribution < 1.29 is 8.42 Å². The molecule has 0 aromatic carbocycles. The van der Waals surface area contributed by atoms with Gasteiger partial charge in [0.05, 0.1) is 11.5 Å². The first-order chi connectivity index (χ1) is 7.14. The van der Waals surface area contributed by atoms with Gasteiger partial charge in [-0.25, -0.2) is 8.42 Å². The maximum Gasteiger partial charge on any atom is 0.153 e. The molecule has 1 N–H and O–H groups in total. The monoisotopic (exact) mass is 230 g/mol. The van der Waals surface area contributed by atoms with Gasteiger partial charge in [-0.15, -0.1) is 0 Å². The third kappa shape index (κ3) is 2.05. The Morgan fingerprint density at radius 2 is 2.07 bits per heavy atom. The summed E-state index contributed by atoms with van der Waals surface area (Å²) in [6.45, 7) is 3.09. The molecule has 0 bridgehead atoms. The van der Waals surface area contributed by atoms with E-state index in [2.05, 4.69) is 10.2 Å². The lowest BCUT2D eigenvalue weighted by Gasteiger charge is -2.37. The van der Waals surface area contributed by atoms with E-state index in [4.69, 9.17) is 0 Å². The SMILES string of the molecule is O=S1(=O)C[C@@H]2[C@@H](C1)NCCN2CC1CC1. The quantitative estimate of drug-likeness (QED) is 0.693. The minimum atomic E-state index is -2.78. The van der Waals surface area contributed by atoms with Crippen molar-refractivity contribution in [3.05, 3.63) is 0 Å². The van der Waals surface area contributed by atoms with Crippen LogP contribution >= 0.6 is 0 Å². The average molecular weight is 230 g/mol. The first kappa shape index (κ1) is 10.1. The van der Waals surface area contributed by atoms with Gasteiger partial charge < -0.3 is 5.32 Å². The summed E-state index contributed by atoms with van der Waals surface area (Å²) in [5.74, 6) is 1.57. The molecule has 1 aliphatic carbocycles. The van der Waals surface area contributed by atoms with Gasteiger partial charge in [0, 0.05) is 31.7 Å². The molecule has 3 fully saturated rings. The number of hydrogen-bond acceptors (Lipinski definition) is 4. The second kappa shape index (κ2) is 3.43. The fraction of sp³-hybridized carbons (Fsp3) is 1.00. The van der Waals surface area contributed by atoms with Crippen molar-refractivity contribution in [2.24, 2.45) is 5.92 Å². The Bertz CT molecular complexity index is 350.